The van der Waals surface area contributed by atoms with Crippen LogP contribution in [0.1, 0.15) is 44.8 Å². The van der Waals surface area contributed by atoms with E-state index in [1.54, 1.807) is 0 Å². The Labute approximate surface area is 126 Å². The van der Waals surface area contributed by atoms with Crippen LogP contribution in [0.3, 0.4) is 0 Å². The summed E-state index contributed by atoms with van der Waals surface area (Å²) in [6.07, 6.45) is 3.52. The van der Waals surface area contributed by atoms with Gasteiger partial charge in [0.2, 0.25) is 5.91 Å². The monoisotopic (exact) mass is 288 g/mol. The third-order valence-electron chi connectivity index (χ3n) is 4.42. The fourth-order valence-electron chi connectivity index (χ4n) is 3.03. The standard InChI is InChI=1S/C17H24N2O2/c1-3-10-21-15-8-6-14(7-9-15)17-18-11-16(20)19(17)12(2)13-4-5-13/h6-9,12-13,17-18H,3-5,10-11H2,1-2H3. The average molecular weight is 288 g/mol. The fraction of sp³-hybridized carbons (Fsp3) is 0.588. The molecule has 2 unspecified atom stereocenters. The Hall–Kier alpha value is -1.55. The zero-order chi connectivity index (χ0) is 14.8. The lowest BCUT2D eigenvalue weighted by molar-refractivity contribution is -0.130. The predicted octanol–water partition coefficient (Wildman–Crippen LogP) is 2.70. The molecule has 2 atom stereocenters. The van der Waals surface area contributed by atoms with E-state index < -0.39 is 0 Å². The molecule has 1 amide bonds. The average Bonchev–Trinajstić information content (AvgIpc) is 3.28. The Morgan fingerprint density at radius 2 is 2.05 bits per heavy atom. The maximum absolute atomic E-state index is 12.2. The molecule has 4 nitrogen and oxygen atoms in total. The third-order valence-corrected chi connectivity index (χ3v) is 4.42. The number of carbonyl (C=O) groups is 1. The molecule has 4 heteroatoms. The van der Waals surface area contributed by atoms with Gasteiger partial charge in [0.25, 0.3) is 0 Å². The van der Waals surface area contributed by atoms with Crippen molar-refractivity contribution in [2.45, 2.75) is 45.3 Å². The lowest BCUT2D eigenvalue weighted by Crippen LogP contribution is -2.39. The molecule has 1 saturated carbocycles. The van der Waals surface area contributed by atoms with Gasteiger partial charge >= 0.3 is 0 Å². The smallest absolute Gasteiger partial charge is 0.238 e. The number of hydrogen-bond acceptors (Lipinski definition) is 3. The number of ether oxygens (including phenoxy) is 1. The highest BCUT2D eigenvalue weighted by Gasteiger charge is 2.41. The van der Waals surface area contributed by atoms with Crippen LogP contribution in [0.15, 0.2) is 24.3 Å². The molecule has 2 aliphatic rings. The van der Waals surface area contributed by atoms with Crippen molar-refractivity contribution >= 4 is 5.91 Å². The van der Waals surface area contributed by atoms with E-state index in [4.69, 9.17) is 4.74 Å². The summed E-state index contributed by atoms with van der Waals surface area (Å²) in [5.74, 6) is 1.79. The second-order valence-electron chi connectivity index (χ2n) is 6.08. The van der Waals surface area contributed by atoms with E-state index in [0.717, 1.165) is 24.3 Å². The van der Waals surface area contributed by atoms with Crippen LogP contribution in [-0.2, 0) is 4.79 Å². The minimum atomic E-state index is 0.00771. The molecule has 1 N–H and O–H groups in total. The Bertz CT molecular complexity index is 496. The van der Waals surface area contributed by atoms with Crippen LogP contribution in [0.5, 0.6) is 5.75 Å². The quantitative estimate of drug-likeness (QED) is 0.875. The van der Waals surface area contributed by atoms with Gasteiger partial charge in [0.1, 0.15) is 11.9 Å². The highest BCUT2D eigenvalue weighted by Crippen LogP contribution is 2.39. The highest BCUT2D eigenvalue weighted by atomic mass is 16.5. The SMILES string of the molecule is CCCOc1ccc(C2NCC(=O)N2C(C)C2CC2)cc1. The van der Waals surface area contributed by atoms with Gasteiger partial charge in [-0.1, -0.05) is 19.1 Å². The minimum Gasteiger partial charge on any atom is -0.494 e. The lowest BCUT2D eigenvalue weighted by atomic mass is 10.1. The Morgan fingerprint density at radius 3 is 2.67 bits per heavy atom. The molecule has 1 aliphatic heterocycles. The fourth-order valence-corrected chi connectivity index (χ4v) is 3.03. The van der Waals surface area contributed by atoms with Gasteiger partial charge in [-0.05, 0) is 49.8 Å². The summed E-state index contributed by atoms with van der Waals surface area (Å²) < 4.78 is 5.62. The van der Waals surface area contributed by atoms with E-state index in [1.807, 2.05) is 17.0 Å². The number of amides is 1. The topological polar surface area (TPSA) is 41.6 Å². The van der Waals surface area contributed by atoms with Crippen molar-refractivity contribution in [2.75, 3.05) is 13.2 Å². The van der Waals surface area contributed by atoms with E-state index in [-0.39, 0.29) is 12.1 Å². The molecule has 3 rings (SSSR count). The number of carbonyl (C=O) groups excluding carboxylic acids is 1. The van der Waals surface area contributed by atoms with Crippen LogP contribution in [0.2, 0.25) is 0 Å². The first-order chi connectivity index (χ1) is 10.2. The van der Waals surface area contributed by atoms with Crippen LogP contribution in [-0.4, -0.2) is 30.0 Å². The van der Waals surface area contributed by atoms with Gasteiger partial charge in [-0.25, -0.2) is 0 Å². The molecule has 1 saturated heterocycles. The van der Waals surface area contributed by atoms with Crippen LogP contribution in [0, 0.1) is 5.92 Å². The normalized spacial score (nSPS) is 23.4. The van der Waals surface area contributed by atoms with Gasteiger partial charge in [0.05, 0.1) is 13.2 Å². The van der Waals surface area contributed by atoms with E-state index in [0.29, 0.717) is 18.5 Å². The van der Waals surface area contributed by atoms with Crippen molar-refractivity contribution in [2.24, 2.45) is 5.92 Å². The number of benzene rings is 1. The summed E-state index contributed by atoms with van der Waals surface area (Å²) in [6, 6.07) is 8.45. The maximum atomic E-state index is 12.2. The highest BCUT2D eigenvalue weighted by molar-refractivity contribution is 5.81. The van der Waals surface area contributed by atoms with Crippen molar-refractivity contribution in [3.05, 3.63) is 29.8 Å². The molecule has 1 aliphatic carbocycles. The molecule has 21 heavy (non-hydrogen) atoms. The number of rotatable bonds is 6. The number of nitrogens with one attached hydrogen (secondary N) is 1. The van der Waals surface area contributed by atoms with Crippen LogP contribution >= 0.6 is 0 Å². The molecular formula is C17H24N2O2. The molecular weight excluding hydrogens is 264 g/mol. The third kappa shape index (κ3) is 3.05. The molecule has 2 fully saturated rings. The lowest BCUT2D eigenvalue weighted by Gasteiger charge is -2.31. The Morgan fingerprint density at radius 1 is 1.33 bits per heavy atom. The number of nitrogens with zero attached hydrogens (tertiary/aromatic N) is 1. The van der Waals surface area contributed by atoms with Crippen molar-refractivity contribution in [1.82, 2.24) is 10.2 Å². The van der Waals surface area contributed by atoms with Gasteiger partial charge in [0.15, 0.2) is 0 Å². The van der Waals surface area contributed by atoms with E-state index >= 15 is 0 Å². The first kappa shape index (κ1) is 14.4. The summed E-state index contributed by atoms with van der Waals surface area (Å²) in [7, 11) is 0. The van der Waals surface area contributed by atoms with E-state index in [1.165, 1.54) is 12.8 Å². The Kier molecular flexibility index (Phi) is 4.15. The van der Waals surface area contributed by atoms with Crippen LogP contribution < -0.4 is 10.1 Å². The molecule has 0 aromatic heterocycles. The van der Waals surface area contributed by atoms with Gasteiger partial charge in [-0.15, -0.1) is 0 Å². The van der Waals surface area contributed by atoms with Crippen LogP contribution in [0.4, 0.5) is 0 Å². The van der Waals surface area contributed by atoms with Crippen molar-refractivity contribution in [3.8, 4) is 5.75 Å². The minimum absolute atomic E-state index is 0.00771. The molecule has 1 aromatic carbocycles. The largest absolute Gasteiger partial charge is 0.494 e. The molecule has 0 bridgehead atoms. The predicted molar refractivity (Wildman–Crippen MR) is 82.0 cm³/mol. The van der Waals surface area contributed by atoms with Crippen molar-refractivity contribution < 1.29 is 9.53 Å². The van der Waals surface area contributed by atoms with Gasteiger partial charge in [-0.3, -0.25) is 10.1 Å². The first-order valence-corrected chi connectivity index (χ1v) is 7.98. The second-order valence-corrected chi connectivity index (χ2v) is 6.08. The molecule has 114 valence electrons. The Balaban J connectivity index is 1.73. The van der Waals surface area contributed by atoms with Crippen LogP contribution in [0.25, 0.3) is 0 Å². The molecule has 1 aromatic rings. The van der Waals surface area contributed by atoms with E-state index in [2.05, 4.69) is 31.3 Å². The van der Waals surface area contributed by atoms with E-state index in [9.17, 15) is 4.79 Å². The maximum Gasteiger partial charge on any atom is 0.238 e. The van der Waals surface area contributed by atoms with Gasteiger partial charge in [0, 0.05) is 6.04 Å². The first-order valence-electron chi connectivity index (χ1n) is 7.98. The summed E-state index contributed by atoms with van der Waals surface area (Å²) in [5, 5.41) is 3.33. The summed E-state index contributed by atoms with van der Waals surface area (Å²) in [6.45, 7) is 5.45. The molecule has 1 heterocycles. The van der Waals surface area contributed by atoms with Crippen molar-refractivity contribution in [3.63, 3.8) is 0 Å². The zero-order valence-corrected chi connectivity index (χ0v) is 12.8. The summed E-state index contributed by atoms with van der Waals surface area (Å²) in [4.78, 5) is 14.2. The second kappa shape index (κ2) is 6.06. The summed E-state index contributed by atoms with van der Waals surface area (Å²) in [5.41, 5.74) is 1.14. The summed E-state index contributed by atoms with van der Waals surface area (Å²) >= 11 is 0. The molecule has 0 spiro atoms. The zero-order valence-electron chi connectivity index (χ0n) is 12.8. The van der Waals surface area contributed by atoms with Crippen molar-refractivity contribution in [1.29, 1.82) is 0 Å². The molecule has 0 radical (unpaired) electrons. The van der Waals surface area contributed by atoms with Gasteiger partial charge in [-0.2, -0.15) is 0 Å². The number of hydrogen-bond donors (Lipinski definition) is 1. The van der Waals surface area contributed by atoms with Gasteiger partial charge < -0.3 is 9.64 Å².